The van der Waals surface area contributed by atoms with Gasteiger partial charge in [-0.25, -0.2) is 13.6 Å². The quantitative estimate of drug-likeness (QED) is 0.684. The van der Waals surface area contributed by atoms with Crippen LogP contribution in [0.2, 0.25) is 0 Å². The Bertz CT molecular complexity index is 597. The van der Waals surface area contributed by atoms with Crippen LogP contribution in [0.5, 0.6) is 0 Å². The van der Waals surface area contributed by atoms with Crippen LogP contribution in [0, 0.1) is 11.6 Å². The first-order chi connectivity index (χ1) is 9.06. The summed E-state index contributed by atoms with van der Waals surface area (Å²) in [5.41, 5.74) is 6.04. The first-order valence-electron chi connectivity index (χ1n) is 5.53. The molecule has 0 radical (unpaired) electrons. The number of nitrogens with two attached hydrogens (primary N) is 1. The van der Waals surface area contributed by atoms with Gasteiger partial charge in [-0.15, -0.1) is 0 Å². The number of anilines is 1. The average molecular weight is 263 g/mol. The summed E-state index contributed by atoms with van der Waals surface area (Å²) in [5, 5.41) is 0. The molecule has 0 saturated carbocycles. The Morgan fingerprint density at radius 1 is 1.11 bits per heavy atom. The van der Waals surface area contributed by atoms with Gasteiger partial charge < -0.3 is 10.5 Å². The number of halogens is 2. The molecule has 3 nitrogen and oxygen atoms in total. The van der Waals surface area contributed by atoms with E-state index in [0.717, 1.165) is 6.07 Å². The molecule has 2 N–H and O–H groups in total. The third-order valence-corrected chi connectivity index (χ3v) is 2.50. The summed E-state index contributed by atoms with van der Waals surface area (Å²) in [6, 6.07) is 9.22. The van der Waals surface area contributed by atoms with Gasteiger partial charge in [0.15, 0.2) is 0 Å². The minimum absolute atomic E-state index is 0.0526. The van der Waals surface area contributed by atoms with Crippen molar-refractivity contribution in [1.82, 2.24) is 0 Å². The van der Waals surface area contributed by atoms with Gasteiger partial charge in [-0.2, -0.15) is 0 Å². The van der Waals surface area contributed by atoms with Crippen molar-refractivity contribution in [1.29, 1.82) is 0 Å². The summed E-state index contributed by atoms with van der Waals surface area (Å²) < 4.78 is 31.1. The number of rotatable bonds is 3. The molecular weight excluding hydrogens is 252 g/mol. The first-order valence-corrected chi connectivity index (χ1v) is 5.53. The molecule has 2 aromatic carbocycles. The molecular formula is C14H11F2NO2. The molecule has 19 heavy (non-hydrogen) atoms. The number of hydrogen-bond acceptors (Lipinski definition) is 3. The van der Waals surface area contributed by atoms with Gasteiger partial charge in [0, 0.05) is 5.69 Å². The summed E-state index contributed by atoms with van der Waals surface area (Å²) in [4.78, 5) is 11.6. The maximum atomic E-state index is 13.4. The first kappa shape index (κ1) is 13.0. The maximum Gasteiger partial charge on any atom is 0.341 e. The van der Waals surface area contributed by atoms with Crippen molar-refractivity contribution in [3.05, 3.63) is 65.2 Å². The molecule has 0 spiro atoms. The number of carbonyl (C=O) groups excluding carboxylic acids is 1. The standard InChI is InChI=1S/C14H11F2NO2/c15-10-3-1-9(2-4-10)8-19-14(18)12-6-5-11(17)7-13(12)16/h1-7H,8,17H2. The Balaban J connectivity index is 2.03. The second-order valence-corrected chi connectivity index (χ2v) is 3.94. The van der Waals surface area contributed by atoms with Crippen molar-refractivity contribution in [2.45, 2.75) is 6.61 Å². The minimum atomic E-state index is -0.790. The number of carbonyl (C=O) groups is 1. The Hall–Kier alpha value is -2.43. The zero-order chi connectivity index (χ0) is 13.8. The molecule has 0 aromatic heterocycles. The molecule has 0 fully saturated rings. The van der Waals surface area contributed by atoms with Crippen molar-refractivity contribution in [3.63, 3.8) is 0 Å². The Morgan fingerprint density at radius 3 is 2.42 bits per heavy atom. The van der Waals surface area contributed by atoms with Crippen molar-refractivity contribution in [3.8, 4) is 0 Å². The smallest absolute Gasteiger partial charge is 0.341 e. The zero-order valence-electron chi connectivity index (χ0n) is 9.90. The lowest BCUT2D eigenvalue weighted by molar-refractivity contribution is 0.0467. The normalized spacial score (nSPS) is 10.2. The van der Waals surface area contributed by atoms with Crippen LogP contribution in [0.4, 0.5) is 14.5 Å². The Labute approximate surface area is 108 Å². The number of ether oxygens (including phenoxy) is 1. The number of esters is 1. The molecule has 0 atom stereocenters. The molecule has 0 heterocycles. The monoisotopic (exact) mass is 263 g/mol. The van der Waals surface area contributed by atoms with Crippen LogP contribution in [0.15, 0.2) is 42.5 Å². The lowest BCUT2D eigenvalue weighted by atomic mass is 10.2. The molecule has 5 heteroatoms. The fourth-order valence-corrected chi connectivity index (χ4v) is 1.50. The topological polar surface area (TPSA) is 52.3 Å². The van der Waals surface area contributed by atoms with E-state index in [4.69, 9.17) is 10.5 Å². The molecule has 2 aromatic rings. The highest BCUT2D eigenvalue weighted by atomic mass is 19.1. The molecule has 0 aliphatic carbocycles. The highest BCUT2D eigenvalue weighted by Gasteiger charge is 2.13. The fourth-order valence-electron chi connectivity index (χ4n) is 1.50. The second-order valence-electron chi connectivity index (χ2n) is 3.94. The summed E-state index contributed by atoms with van der Waals surface area (Å²) in [7, 11) is 0. The van der Waals surface area contributed by atoms with Gasteiger partial charge in [-0.3, -0.25) is 0 Å². The molecule has 0 amide bonds. The van der Waals surface area contributed by atoms with Gasteiger partial charge in [0.1, 0.15) is 18.2 Å². The van der Waals surface area contributed by atoms with Crippen LogP contribution in [-0.4, -0.2) is 5.97 Å². The van der Waals surface area contributed by atoms with E-state index in [1.807, 2.05) is 0 Å². The van der Waals surface area contributed by atoms with E-state index < -0.39 is 11.8 Å². The largest absolute Gasteiger partial charge is 0.457 e. The molecule has 0 unspecified atom stereocenters. The maximum absolute atomic E-state index is 13.4. The number of nitrogen functional groups attached to an aromatic ring is 1. The van der Waals surface area contributed by atoms with E-state index >= 15 is 0 Å². The van der Waals surface area contributed by atoms with Crippen molar-refractivity contribution in [2.75, 3.05) is 5.73 Å². The molecule has 0 bridgehead atoms. The van der Waals surface area contributed by atoms with Gasteiger partial charge in [0.2, 0.25) is 0 Å². The van der Waals surface area contributed by atoms with Crippen LogP contribution < -0.4 is 5.73 Å². The fraction of sp³-hybridized carbons (Fsp3) is 0.0714. The summed E-state index contributed by atoms with van der Waals surface area (Å²) in [5.74, 6) is -1.90. The second kappa shape index (κ2) is 5.48. The lowest BCUT2D eigenvalue weighted by Crippen LogP contribution is -2.08. The summed E-state index contributed by atoms with van der Waals surface area (Å²) >= 11 is 0. The van der Waals surface area contributed by atoms with Crippen LogP contribution in [-0.2, 0) is 11.3 Å². The summed E-state index contributed by atoms with van der Waals surface area (Å²) in [6.45, 7) is -0.0526. The molecule has 0 aliphatic heterocycles. The Kier molecular flexibility index (Phi) is 3.75. The summed E-state index contributed by atoms with van der Waals surface area (Å²) in [6.07, 6.45) is 0. The zero-order valence-corrected chi connectivity index (χ0v) is 9.90. The molecule has 2 rings (SSSR count). The van der Waals surface area contributed by atoms with Crippen LogP contribution >= 0.6 is 0 Å². The van der Waals surface area contributed by atoms with Gasteiger partial charge in [-0.1, -0.05) is 12.1 Å². The Morgan fingerprint density at radius 2 is 1.79 bits per heavy atom. The van der Waals surface area contributed by atoms with E-state index in [-0.39, 0.29) is 23.7 Å². The highest BCUT2D eigenvalue weighted by Crippen LogP contribution is 2.14. The predicted molar refractivity (Wildman–Crippen MR) is 66.3 cm³/mol. The average Bonchev–Trinajstić information content (AvgIpc) is 2.37. The van der Waals surface area contributed by atoms with Crippen molar-refractivity contribution >= 4 is 11.7 Å². The minimum Gasteiger partial charge on any atom is -0.457 e. The van der Waals surface area contributed by atoms with E-state index in [9.17, 15) is 13.6 Å². The van der Waals surface area contributed by atoms with Crippen molar-refractivity contribution < 1.29 is 18.3 Å². The number of benzene rings is 2. The molecule has 98 valence electrons. The van der Waals surface area contributed by atoms with Gasteiger partial charge in [-0.05, 0) is 35.9 Å². The van der Waals surface area contributed by atoms with Crippen LogP contribution in [0.25, 0.3) is 0 Å². The van der Waals surface area contributed by atoms with Gasteiger partial charge in [0.05, 0.1) is 5.56 Å². The number of hydrogen-bond donors (Lipinski definition) is 1. The van der Waals surface area contributed by atoms with Crippen LogP contribution in [0.3, 0.4) is 0 Å². The van der Waals surface area contributed by atoms with Crippen molar-refractivity contribution in [2.24, 2.45) is 0 Å². The third-order valence-electron chi connectivity index (χ3n) is 2.50. The molecule has 0 aliphatic rings. The van der Waals surface area contributed by atoms with E-state index in [2.05, 4.69) is 0 Å². The predicted octanol–water partition coefficient (Wildman–Crippen LogP) is 2.90. The highest BCUT2D eigenvalue weighted by molar-refractivity contribution is 5.90. The van der Waals surface area contributed by atoms with Crippen LogP contribution in [0.1, 0.15) is 15.9 Å². The van der Waals surface area contributed by atoms with Gasteiger partial charge in [0.25, 0.3) is 0 Å². The lowest BCUT2D eigenvalue weighted by Gasteiger charge is -2.06. The van der Waals surface area contributed by atoms with E-state index in [1.165, 1.54) is 36.4 Å². The molecule has 0 saturated heterocycles. The van der Waals surface area contributed by atoms with E-state index in [1.54, 1.807) is 0 Å². The SMILES string of the molecule is Nc1ccc(C(=O)OCc2ccc(F)cc2)c(F)c1. The van der Waals surface area contributed by atoms with Gasteiger partial charge >= 0.3 is 5.97 Å². The third kappa shape index (κ3) is 3.28. The van der Waals surface area contributed by atoms with E-state index in [0.29, 0.717) is 5.56 Å².